The summed E-state index contributed by atoms with van der Waals surface area (Å²) in [5.74, 6) is 0. The quantitative estimate of drug-likeness (QED) is 0.605. The molecule has 0 aromatic rings. The fourth-order valence-electron chi connectivity index (χ4n) is 1.58. The van der Waals surface area contributed by atoms with Gasteiger partial charge in [0.2, 0.25) is 0 Å². The Hall–Kier alpha value is -0.160. The van der Waals surface area contributed by atoms with E-state index in [1.807, 2.05) is 0 Å². The van der Waals surface area contributed by atoms with Gasteiger partial charge in [-0.3, -0.25) is 0 Å². The van der Waals surface area contributed by atoms with Crippen molar-refractivity contribution in [1.29, 1.82) is 0 Å². The first-order chi connectivity index (χ1) is 7.79. The predicted octanol–water partition coefficient (Wildman–Crippen LogP) is 1.20. The fourth-order valence-corrected chi connectivity index (χ4v) is 1.58. The summed E-state index contributed by atoms with van der Waals surface area (Å²) in [4.78, 5) is 0. The minimum atomic E-state index is 0.325. The molecule has 0 aromatic heterocycles. The Bertz CT molecular complexity index is 158. The fraction of sp³-hybridized carbons (Fsp3) is 1.00. The van der Waals surface area contributed by atoms with Gasteiger partial charge in [0, 0.05) is 19.8 Å². The van der Waals surface area contributed by atoms with Gasteiger partial charge in [-0.1, -0.05) is 0 Å². The second-order valence-electron chi connectivity index (χ2n) is 4.38. The van der Waals surface area contributed by atoms with Crippen LogP contribution in [0.5, 0.6) is 0 Å². The van der Waals surface area contributed by atoms with E-state index in [2.05, 4.69) is 19.2 Å². The van der Waals surface area contributed by atoms with E-state index in [9.17, 15) is 0 Å². The lowest BCUT2D eigenvalue weighted by atomic mass is 10.3. The second kappa shape index (κ2) is 8.93. The third-order valence-electron chi connectivity index (χ3n) is 2.47. The van der Waals surface area contributed by atoms with Gasteiger partial charge >= 0.3 is 0 Å². The Kier molecular flexibility index (Phi) is 7.76. The molecule has 0 spiro atoms. The summed E-state index contributed by atoms with van der Waals surface area (Å²) in [6.07, 6.45) is 2.77. The van der Waals surface area contributed by atoms with Crippen molar-refractivity contribution in [3.63, 3.8) is 0 Å². The van der Waals surface area contributed by atoms with Crippen LogP contribution in [0.2, 0.25) is 0 Å². The van der Waals surface area contributed by atoms with Gasteiger partial charge in [-0.05, 0) is 33.2 Å². The molecular formula is C12H25NO3. The maximum Gasteiger partial charge on any atom is 0.0831 e. The van der Waals surface area contributed by atoms with E-state index >= 15 is 0 Å². The van der Waals surface area contributed by atoms with Crippen molar-refractivity contribution in [3.8, 4) is 0 Å². The highest BCUT2D eigenvalue weighted by molar-refractivity contribution is 4.63. The van der Waals surface area contributed by atoms with Gasteiger partial charge in [-0.25, -0.2) is 0 Å². The van der Waals surface area contributed by atoms with E-state index in [0.717, 1.165) is 52.4 Å². The minimum Gasteiger partial charge on any atom is -0.379 e. The van der Waals surface area contributed by atoms with E-state index in [0.29, 0.717) is 12.2 Å². The first kappa shape index (κ1) is 13.9. The van der Waals surface area contributed by atoms with Crippen LogP contribution in [0.25, 0.3) is 0 Å². The average molecular weight is 231 g/mol. The second-order valence-corrected chi connectivity index (χ2v) is 4.38. The molecule has 1 aliphatic heterocycles. The standard InChI is InChI=1S/C12H25NO3/c1-11(2)15-7-3-5-13-6-9-16-12-4-8-14-10-12/h11-13H,3-10H2,1-2H3. The molecule has 1 unspecified atom stereocenters. The zero-order valence-electron chi connectivity index (χ0n) is 10.5. The molecule has 0 bridgehead atoms. The van der Waals surface area contributed by atoms with Crippen LogP contribution < -0.4 is 5.32 Å². The number of ether oxygens (including phenoxy) is 3. The van der Waals surface area contributed by atoms with Crippen LogP contribution in [0.4, 0.5) is 0 Å². The van der Waals surface area contributed by atoms with E-state index < -0.39 is 0 Å². The third kappa shape index (κ3) is 7.17. The molecule has 1 rings (SSSR count). The average Bonchev–Trinajstić information content (AvgIpc) is 2.74. The van der Waals surface area contributed by atoms with Crippen LogP contribution in [0.15, 0.2) is 0 Å². The molecule has 96 valence electrons. The zero-order chi connectivity index (χ0) is 11.6. The molecule has 0 radical (unpaired) electrons. The number of hydrogen-bond donors (Lipinski definition) is 1. The lowest BCUT2D eigenvalue weighted by Gasteiger charge is -2.11. The highest BCUT2D eigenvalue weighted by Crippen LogP contribution is 2.06. The molecule has 1 atom stereocenters. The summed E-state index contributed by atoms with van der Waals surface area (Å²) in [7, 11) is 0. The molecule has 1 aliphatic rings. The number of nitrogens with one attached hydrogen (secondary N) is 1. The predicted molar refractivity (Wildman–Crippen MR) is 63.8 cm³/mol. The Morgan fingerprint density at radius 3 is 2.88 bits per heavy atom. The van der Waals surface area contributed by atoms with Crippen LogP contribution in [0.3, 0.4) is 0 Å². The minimum absolute atomic E-state index is 0.325. The van der Waals surface area contributed by atoms with E-state index in [1.54, 1.807) is 0 Å². The zero-order valence-corrected chi connectivity index (χ0v) is 10.5. The van der Waals surface area contributed by atoms with E-state index in [-0.39, 0.29) is 0 Å². The molecule has 0 aromatic carbocycles. The van der Waals surface area contributed by atoms with Crippen molar-refractivity contribution in [2.24, 2.45) is 0 Å². The van der Waals surface area contributed by atoms with Crippen LogP contribution in [0, 0.1) is 0 Å². The third-order valence-corrected chi connectivity index (χ3v) is 2.47. The van der Waals surface area contributed by atoms with E-state index in [4.69, 9.17) is 14.2 Å². The molecule has 1 fully saturated rings. The van der Waals surface area contributed by atoms with Crippen LogP contribution >= 0.6 is 0 Å². The van der Waals surface area contributed by atoms with Gasteiger partial charge in [0.25, 0.3) is 0 Å². The van der Waals surface area contributed by atoms with Crippen LogP contribution in [0.1, 0.15) is 26.7 Å². The van der Waals surface area contributed by atoms with Gasteiger partial charge in [0.1, 0.15) is 0 Å². The molecule has 1 N–H and O–H groups in total. The van der Waals surface area contributed by atoms with Gasteiger partial charge < -0.3 is 19.5 Å². The molecular weight excluding hydrogens is 206 g/mol. The van der Waals surface area contributed by atoms with Crippen molar-refractivity contribution in [3.05, 3.63) is 0 Å². The maximum absolute atomic E-state index is 5.63. The van der Waals surface area contributed by atoms with Gasteiger partial charge in [-0.15, -0.1) is 0 Å². The van der Waals surface area contributed by atoms with Crippen molar-refractivity contribution >= 4 is 0 Å². The Balaban J connectivity index is 1.74. The molecule has 1 saturated heterocycles. The Morgan fingerprint density at radius 2 is 2.19 bits per heavy atom. The Morgan fingerprint density at radius 1 is 1.31 bits per heavy atom. The summed E-state index contributed by atoms with van der Waals surface area (Å²) in [5.41, 5.74) is 0. The van der Waals surface area contributed by atoms with Crippen molar-refractivity contribution in [2.45, 2.75) is 38.9 Å². The van der Waals surface area contributed by atoms with Crippen molar-refractivity contribution < 1.29 is 14.2 Å². The number of rotatable bonds is 9. The molecule has 0 aliphatic carbocycles. The first-order valence-corrected chi connectivity index (χ1v) is 6.30. The van der Waals surface area contributed by atoms with Gasteiger partial charge in [0.05, 0.1) is 25.4 Å². The maximum atomic E-state index is 5.63. The smallest absolute Gasteiger partial charge is 0.0831 e. The molecule has 1 heterocycles. The summed E-state index contributed by atoms with van der Waals surface area (Å²) < 4.78 is 16.3. The van der Waals surface area contributed by atoms with Crippen molar-refractivity contribution in [1.82, 2.24) is 5.32 Å². The Labute approximate surface area is 98.6 Å². The van der Waals surface area contributed by atoms with Gasteiger partial charge in [-0.2, -0.15) is 0 Å². The number of hydrogen-bond acceptors (Lipinski definition) is 4. The summed E-state index contributed by atoms with van der Waals surface area (Å²) >= 11 is 0. The molecule has 16 heavy (non-hydrogen) atoms. The monoisotopic (exact) mass is 231 g/mol. The summed E-state index contributed by atoms with van der Waals surface area (Å²) in [6, 6.07) is 0. The molecule has 4 heteroatoms. The topological polar surface area (TPSA) is 39.7 Å². The highest BCUT2D eigenvalue weighted by Gasteiger charge is 2.14. The lowest BCUT2D eigenvalue weighted by molar-refractivity contribution is 0.0437. The lowest BCUT2D eigenvalue weighted by Crippen LogP contribution is -2.25. The van der Waals surface area contributed by atoms with Crippen molar-refractivity contribution in [2.75, 3.05) is 39.5 Å². The molecule has 4 nitrogen and oxygen atoms in total. The SMILES string of the molecule is CC(C)OCCCNCCOC1CCOC1. The first-order valence-electron chi connectivity index (χ1n) is 6.30. The van der Waals surface area contributed by atoms with E-state index in [1.165, 1.54) is 0 Å². The van der Waals surface area contributed by atoms with Crippen LogP contribution in [-0.2, 0) is 14.2 Å². The van der Waals surface area contributed by atoms with Crippen LogP contribution in [-0.4, -0.2) is 51.7 Å². The normalized spacial score (nSPS) is 20.8. The van der Waals surface area contributed by atoms with Gasteiger partial charge in [0.15, 0.2) is 0 Å². The molecule has 0 amide bonds. The summed E-state index contributed by atoms with van der Waals surface area (Å²) in [5, 5.41) is 3.34. The highest BCUT2D eigenvalue weighted by atomic mass is 16.5. The largest absolute Gasteiger partial charge is 0.379 e. The molecule has 0 saturated carbocycles. The summed E-state index contributed by atoms with van der Waals surface area (Å²) in [6.45, 7) is 9.26.